The minimum Gasteiger partial charge on any atom is -0.422 e. The summed E-state index contributed by atoms with van der Waals surface area (Å²) in [6.07, 6.45) is 0. The van der Waals surface area contributed by atoms with Crippen LogP contribution in [-0.4, -0.2) is 31.6 Å². The lowest BCUT2D eigenvalue weighted by Crippen LogP contribution is -2.12. The first-order valence-corrected chi connectivity index (χ1v) is 7.27. The first kappa shape index (κ1) is 12.9. The number of aromatic amines is 1. The Hall–Kier alpha value is -2.81. The first-order valence-electron chi connectivity index (χ1n) is 6.28. The number of nitrogens with one attached hydrogen (secondary N) is 1. The second-order valence-electron chi connectivity index (χ2n) is 4.47. The molecule has 0 saturated carbocycles. The molecule has 1 aromatic carbocycles. The Labute approximate surface area is 126 Å². The van der Waals surface area contributed by atoms with Crippen LogP contribution in [0.1, 0.15) is 21.7 Å². The van der Waals surface area contributed by atoms with Crippen LogP contribution in [0.5, 0.6) is 0 Å². The molecule has 0 unspecified atom stereocenters. The minimum absolute atomic E-state index is 0.0192. The summed E-state index contributed by atoms with van der Waals surface area (Å²) < 4.78 is 5.17. The van der Waals surface area contributed by atoms with Crippen LogP contribution >= 0.6 is 11.8 Å². The van der Waals surface area contributed by atoms with Crippen molar-refractivity contribution in [1.29, 1.82) is 0 Å². The lowest BCUT2D eigenvalue weighted by atomic mass is 10.1. The fourth-order valence-electron chi connectivity index (χ4n) is 2.25. The number of fused-ring (bicyclic) bond motifs is 3. The third-order valence-electron chi connectivity index (χ3n) is 3.17. The molecule has 2 aromatic heterocycles. The summed E-state index contributed by atoms with van der Waals surface area (Å²) in [4.78, 5) is 28.0. The Bertz CT molecular complexity index is 977. The van der Waals surface area contributed by atoms with Gasteiger partial charge in [-0.25, -0.2) is 9.79 Å². The molecule has 8 nitrogen and oxygen atoms in total. The van der Waals surface area contributed by atoms with Crippen molar-refractivity contribution in [3.8, 4) is 0 Å². The predicted octanol–water partition coefficient (Wildman–Crippen LogP) is 1.14. The highest BCUT2D eigenvalue weighted by Crippen LogP contribution is 2.30. The smallest absolute Gasteiger partial charge is 0.350 e. The minimum atomic E-state index is -0.669. The summed E-state index contributed by atoms with van der Waals surface area (Å²) in [5, 5.41) is 14.7. The molecular formula is C13H7N5O3S. The molecule has 108 valence electrons. The van der Waals surface area contributed by atoms with E-state index in [4.69, 9.17) is 4.42 Å². The van der Waals surface area contributed by atoms with Gasteiger partial charge in [0.25, 0.3) is 5.91 Å². The second-order valence-corrected chi connectivity index (χ2v) is 5.44. The summed E-state index contributed by atoms with van der Waals surface area (Å²) in [7, 11) is 0. The third kappa shape index (κ3) is 1.94. The lowest BCUT2D eigenvalue weighted by Gasteiger charge is -2.04. The average molecular weight is 313 g/mol. The number of H-pyrrole nitrogens is 1. The van der Waals surface area contributed by atoms with Crippen LogP contribution in [0.2, 0.25) is 0 Å². The van der Waals surface area contributed by atoms with Gasteiger partial charge in [-0.05, 0) is 6.07 Å². The maximum atomic E-state index is 12.0. The molecule has 3 aromatic rings. The van der Waals surface area contributed by atoms with Crippen molar-refractivity contribution >= 4 is 33.7 Å². The van der Waals surface area contributed by atoms with Gasteiger partial charge in [0.15, 0.2) is 5.82 Å². The number of amides is 1. The van der Waals surface area contributed by atoms with E-state index in [1.807, 2.05) is 6.07 Å². The molecule has 0 saturated heterocycles. The van der Waals surface area contributed by atoms with Gasteiger partial charge in [0, 0.05) is 10.9 Å². The molecule has 0 fully saturated rings. The van der Waals surface area contributed by atoms with Crippen LogP contribution < -0.4 is 5.63 Å². The fraction of sp³-hybridized carbons (Fsp3) is 0.0769. The number of aliphatic imine (C=N–C) groups is 1. The molecule has 3 heterocycles. The maximum absolute atomic E-state index is 12.0. The zero-order valence-electron chi connectivity index (χ0n) is 10.9. The zero-order chi connectivity index (χ0) is 15.1. The van der Waals surface area contributed by atoms with Gasteiger partial charge in [-0.15, -0.1) is 10.2 Å². The van der Waals surface area contributed by atoms with E-state index in [0.717, 1.165) is 0 Å². The van der Waals surface area contributed by atoms with Crippen molar-refractivity contribution in [2.24, 2.45) is 4.99 Å². The first-order chi connectivity index (χ1) is 10.7. The molecule has 0 atom stereocenters. The number of hydrogen-bond acceptors (Lipinski definition) is 7. The zero-order valence-corrected chi connectivity index (χ0v) is 11.8. The van der Waals surface area contributed by atoms with Gasteiger partial charge in [-0.1, -0.05) is 35.2 Å². The quantitative estimate of drug-likeness (QED) is 0.705. The van der Waals surface area contributed by atoms with E-state index in [1.54, 1.807) is 18.2 Å². The number of thioether (sulfide) groups is 1. The van der Waals surface area contributed by atoms with Gasteiger partial charge in [0.2, 0.25) is 0 Å². The van der Waals surface area contributed by atoms with Gasteiger partial charge in [0.05, 0.1) is 5.75 Å². The normalized spacial score (nSPS) is 13.5. The van der Waals surface area contributed by atoms with Crippen LogP contribution in [0.25, 0.3) is 11.0 Å². The van der Waals surface area contributed by atoms with Crippen molar-refractivity contribution in [2.75, 3.05) is 0 Å². The highest BCUT2D eigenvalue weighted by Gasteiger charge is 2.30. The number of benzene rings is 1. The molecule has 0 spiro atoms. The SMILES string of the molecule is O=C1N=C(SCc2nn[nH]n2)c2c1c(=O)oc1ccccc21. The molecule has 1 aliphatic heterocycles. The molecule has 0 bridgehead atoms. The lowest BCUT2D eigenvalue weighted by molar-refractivity contribution is 0.100. The van der Waals surface area contributed by atoms with Crippen LogP contribution in [0.15, 0.2) is 38.5 Å². The average Bonchev–Trinajstić information content (AvgIpc) is 3.13. The van der Waals surface area contributed by atoms with Gasteiger partial charge in [0.1, 0.15) is 16.2 Å². The van der Waals surface area contributed by atoms with Crippen LogP contribution in [0.3, 0.4) is 0 Å². The van der Waals surface area contributed by atoms with Crippen LogP contribution in [0.4, 0.5) is 0 Å². The number of nitrogens with zero attached hydrogens (tertiary/aromatic N) is 4. The molecule has 1 aliphatic rings. The van der Waals surface area contributed by atoms with Gasteiger partial charge >= 0.3 is 5.63 Å². The van der Waals surface area contributed by atoms with Crippen LogP contribution in [0, 0.1) is 0 Å². The monoisotopic (exact) mass is 313 g/mol. The summed E-state index contributed by atoms with van der Waals surface area (Å²) in [5.41, 5.74) is 0.256. The standard InChI is InChI=1S/C13H7N5O3S/c19-11-10-9(6-3-1-2-4-7(6)21-13(10)20)12(14-11)22-5-8-15-17-18-16-8/h1-4H,5H2,(H,15,16,17,18). The molecule has 4 rings (SSSR count). The number of rotatable bonds is 2. The number of para-hydroxylation sites is 1. The van der Waals surface area contributed by atoms with E-state index in [1.165, 1.54) is 11.8 Å². The molecule has 22 heavy (non-hydrogen) atoms. The molecule has 0 radical (unpaired) electrons. The molecule has 1 N–H and O–H groups in total. The Morgan fingerprint density at radius 3 is 2.86 bits per heavy atom. The summed E-state index contributed by atoms with van der Waals surface area (Å²) >= 11 is 1.28. The van der Waals surface area contributed by atoms with Crippen molar-refractivity contribution in [2.45, 2.75) is 5.75 Å². The Kier molecular flexibility index (Phi) is 2.86. The van der Waals surface area contributed by atoms with E-state index in [0.29, 0.717) is 33.2 Å². The highest BCUT2D eigenvalue weighted by molar-refractivity contribution is 8.13. The number of hydrogen-bond donors (Lipinski definition) is 1. The van der Waals surface area contributed by atoms with Crippen molar-refractivity contribution in [3.05, 3.63) is 51.6 Å². The number of aromatic nitrogens is 4. The largest absolute Gasteiger partial charge is 0.422 e. The van der Waals surface area contributed by atoms with Crippen molar-refractivity contribution in [3.63, 3.8) is 0 Å². The topological polar surface area (TPSA) is 114 Å². The van der Waals surface area contributed by atoms with E-state index in [9.17, 15) is 9.59 Å². The molecule has 1 amide bonds. The van der Waals surface area contributed by atoms with E-state index in [-0.39, 0.29) is 5.56 Å². The van der Waals surface area contributed by atoms with E-state index in [2.05, 4.69) is 25.6 Å². The summed E-state index contributed by atoms with van der Waals surface area (Å²) in [6.45, 7) is 0. The number of tetrazole rings is 1. The highest BCUT2D eigenvalue weighted by atomic mass is 32.2. The van der Waals surface area contributed by atoms with Crippen molar-refractivity contribution < 1.29 is 9.21 Å². The second kappa shape index (κ2) is 4.88. The van der Waals surface area contributed by atoms with Gasteiger partial charge < -0.3 is 4.42 Å². The Balaban J connectivity index is 1.83. The third-order valence-corrected chi connectivity index (χ3v) is 4.14. The molecular weight excluding hydrogens is 306 g/mol. The van der Waals surface area contributed by atoms with E-state index < -0.39 is 11.5 Å². The van der Waals surface area contributed by atoms with Crippen LogP contribution in [-0.2, 0) is 5.75 Å². The van der Waals surface area contributed by atoms with Crippen molar-refractivity contribution in [1.82, 2.24) is 20.6 Å². The fourth-order valence-corrected chi connectivity index (χ4v) is 3.14. The number of carbonyl (C=O) groups is 1. The molecule has 9 heteroatoms. The number of carbonyl (C=O) groups excluding carboxylic acids is 1. The molecule has 0 aliphatic carbocycles. The van der Waals surface area contributed by atoms with Gasteiger partial charge in [-0.3, -0.25) is 4.79 Å². The van der Waals surface area contributed by atoms with E-state index >= 15 is 0 Å². The maximum Gasteiger partial charge on any atom is 0.350 e. The van der Waals surface area contributed by atoms with Gasteiger partial charge in [-0.2, -0.15) is 5.21 Å². The Morgan fingerprint density at radius 1 is 1.18 bits per heavy atom. The Morgan fingerprint density at radius 2 is 2.05 bits per heavy atom. The summed E-state index contributed by atoms with van der Waals surface area (Å²) in [6, 6.07) is 7.05. The summed E-state index contributed by atoms with van der Waals surface area (Å²) in [5.74, 6) is 0.294. The predicted molar refractivity (Wildman–Crippen MR) is 78.8 cm³/mol.